The first-order chi connectivity index (χ1) is 14.0. The van der Waals surface area contributed by atoms with Crippen molar-refractivity contribution in [2.75, 3.05) is 0 Å². The smallest absolute Gasteiger partial charge is 0.314 e. The molecule has 2 saturated carbocycles. The maximum Gasteiger partial charge on any atom is 0.314 e. The topological polar surface area (TPSA) is 26.3 Å². The summed E-state index contributed by atoms with van der Waals surface area (Å²) in [6, 6.07) is 1.01. The van der Waals surface area contributed by atoms with Crippen LogP contribution in [0.25, 0.3) is 0 Å². The highest BCUT2D eigenvalue weighted by molar-refractivity contribution is 5.75. The van der Waals surface area contributed by atoms with Gasteiger partial charge in [-0.3, -0.25) is 4.79 Å². The van der Waals surface area contributed by atoms with Crippen LogP contribution in [0.1, 0.15) is 84.0 Å². The number of carbonyl (C=O) groups excluding carboxylic acids is 1. The maximum atomic E-state index is 13.7. The monoisotopic (exact) mass is 410 g/mol. The molecule has 0 atom stereocenters. The van der Waals surface area contributed by atoms with Crippen LogP contribution in [0.3, 0.4) is 0 Å². The van der Waals surface area contributed by atoms with Crippen LogP contribution < -0.4 is 4.74 Å². The number of hydrogen-bond acceptors (Lipinski definition) is 2. The Morgan fingerprint density at radius 1 is 0.862 bits per heavy atom. The molecule has 0 aromatic heterocycles. The van der Waals surface area contributed by atoms with Gasteiger partial charge in [0.25, 0.3) is 0 Å². The first-order valence-corrected chi connectivity index (χ1v) is 11.3. The van der Waals surface area contributed by atoms with Gasteiger partial charge in [-0.2, -0.15) is 0 Å². The molecule has 2 nitrogen and oxygen atoms in total. The fourth-order valence-electron chi connectivity index (χ4n) is 5.23. The zero-order valence-electron chi connectivity index (χ0n) is 17.4. The molecular formula is C24H33F3O2. The van der Waals surface area contributed by atoms with Gasteiger partial charge >= 0.3 is 5.97 Å². The lowest BCUT2D eigenvalue weighted by Crippen LogP contribution is -2.30. The molecule has 0 radical (unpaired) electrons. The predicted molar refractivity (Wildman–Crippen MR) is 107 cm³/mol. The third kappa shape index (κ3) is 5.99. The van der Waals surface area contributed by atoms with Crippen molar-refractivity contribution in [2.45, 2.75) is 84.0 Å². The van der Waals surface area contributed by atoms with Crippen molar-refractivity contribution in [1.82, 2.24) is 0 Å². The SMILES string of the molecule is CCCCCC1CCC(C2CCC(C(=O)Oc3cc(F)c(F)cc3F)CC2)CC1. The van der Waals surface area contributed by atoms with Crippen LogP contribution in [0.2, 0.25) is 0 Å². The largest absolute Gasteiger partial charge is 0.423 e. The van der Waals surface area contributed by atoms with Crippen LogP contribution in [0.5, 0.6) is 5.75 Å². The first-order valence-electron chi connectivity index (χ1n) is 11.3. The number of halogens is 3. The van der Waals surface area contributed by atoms with E-state index in [1.165, 1.54) is 51.4 Å². The Labute approximate surface area is 172 Å². The Morgan fingerprint density at radius 3 is 2.07 bits per heavy atom. The van der Waals surface area contributed by atoms with Gasteiger partial charge < -0.3 is 4.74 Å². The van der Waals surface area contributed by atoms with Crippen molar-refractivity contribution in [3.05, 3.63) is 29.6 Å². The molecule has 2 fully saturated rings. The molecule has 0 heterocycles. The Kier molecular flexibility index (Phi) is 8.02. The van der Waals surface area contributed by atoms with Gasteiger partial charge in [0.15, 0.2) is 23.2 Å². The number of carbonyl (C=O) groups is 1. The van der Waals surface area contributed by atoms with Crippen molar-refractivity contribution >= 4 is 5.97 Å². The van der Waals surface area contributed by atoms with Crippen molar-refractivity contribution in [3.63, 3.8) is 0 Å². The summed E-state index contributed by atoms with van der Waals surface area (Å²) >= 11 is 0. The first kappa shape index (κ1) is 22.2. The van der Waals surface area contributed by atoms with Crippen molar-refractivity contribution < 1.29 is 22.7 Å². The lowest BCUT2D eigenvalue weighted by molar-refractivity contribution is -0.140. The van der Waals surface area contributed by atoms with E-state index in [4.69, 9.17) is 4.74 Å². The summed E-state index contributed by atoms with van der Waals surface area (Å²) in [6.45, 7) is 2.25. The summed E-state index contributed by atoms with van der Waals surface area (Å²) in [5, 5.41) is 0. The average molecular weight is 411 g/mol. The Hall–Kier alpha value is -1.52. The molecule has 2 aliphatic rings. The quantitative estimate of drug-likeness (QED) is 0.206. The van der Waals surface area contributed by atoms with E-state index in [-0.39, 0.29) is 5.92 Å². The van der Waals surface area contributed by atoms with Crippen molar-refractivity contribution in [2.24, 2.45) is 23.7 Å². The number of unbranched alkanes of at least 4 members (excludes halogenated alkanes) is 2. The highest BCUT2D eigenvalue weighted by Gasteiger charge is 2.33. The van der Waals surface area contributed by atoms with E-state index in [9.17, 15) is 18.0 Å². The van der Waals surface area contributed by atoms with Gasteiger partial charge in [-0.05, 0) is 56.3 Å². The minimum absolute atomic E-state index is 0.288. The second-order valence-electron chi connectivity index (χ2n) is 9.01. The summed E-state index contributed by atoms with van der Waals surface area (Å²) in [7, 11) is 0. The molecule has 0 saturated heterocycles. The molecule has 5 heteroatoms. The zero-order valence-corrected chi connectivity index (χ0v) is 17.4. The summed E-state index contributed by atoms with van der Waals surface area (Å²) in [6.07, 6.45) is 14.1. The van der Waals surface area contributed by atoms with Crippen LogP contribution in [0, 0.1) is 41.1 Å². The molecule has 0 unspecified atom stereocenters. The Balaban J connectivity index is 1.42. The number of rotatable bonds is 7. The highest BCUT2D eigenvalue weighted by atomic mass is 19.2. The molecule has 1 aromatic rings. The minimum atomic E-state index is -1.29. The van der Waals surface area contributed by atoms with Crippen molar-refractivity contribution in [1.29, 1.82) is 0 Å². The lowest BCUT2D eigenvalue weighted by atomic mass is 9.68. The van der Waals surface area contributed by atoms with Crippen LogP contribution in [0.15, 0.2) is 12.1 Å². The predicted octanol–water partition coefficient (Wildman–Crippen LogP) is 7.20. The third-order valence-electron chi connectivity index (χ3n) is 7.06. The molecule has 162 valence electrons. The molecule has 29 heavy (non-hydrogen) atoms. The molecular weight excluding hydrogens is 377 g/mol. The standard InChI is InChI=1S/C24H33F3O2/c1-2-3-4-5-16-6-8-17(9-7-16)18-10-12-19(13-11-18)24(28)29-23-15-21(26)20(25)14-22(23)27/h14-19H,2-13H2,1H3. The van der Waals surface area contributed by atoms with Gasteiger partial charge in [-0.25, -0.2) is 13.2 Å². The van der Waals surface area contributed by atoms with Gasteiger partial charge in [0.05, 0.1) is 5.92 Å². The third-order valence-corrected chi connectivity index (χ3v) is 7.06. The fraction of sp³-hybridized carbons (Fsp3) is 0.708. The van der Waals surface area contributed by atoms with Crippen LogP contribution in [-0.2, 0) is 4.79 Å². The maximum absolute atomic E-state index is 13.7. The molecule has 0 spiro atoms. The van der Waals surface area contributed by atoms with Gasteiger partial charge in [-0.15, -0.1) is 0 Å². The van der Waals surface area contributed by atoms with Gasteiger partial charge in [-0.1, -0.05) is 45.4 Å². The van der Waals surface area contributed by atoms with Crippen molar-refractivity contribution in [3.8, 4) is 5.75 Å². The van der Waals surface area contributed by atoms with E-state index >= 15 is 0 Å². The number of benzene rings is 1. The fourth-order valence-corrected chi connectivity index (χ4v) is 5.23. The van der Waals surface area contributed by atoms with Gasteiger partial charge in [0, 0.05) is 12.1 Å². The Bertz CT molecular complexity index is 675. The highest BCUT2D eigenvalue weighted by Crippen LogP contribution is 2.42. The molecule has 3 rings (SSSR count). The summed E-state index contributed by atoms with van der Waals surface area (Å²) in [4.78, 5) is 12.4. The summed E-state index contributed by atoms with van der Waals surface area (Å²) in [5.74, 6) is -2.59. The lowest BCUT2D eigenvalue weighted by Gasteiger charge is -2.37. The van der Waals surface area contributed by atoms with Crippen LogP contribution in [-0.4, -0.2) is 5.97 Å². The molecule has 1 aromatic carbocycles. The molecule has 0 amide bonds. The van der Waals surface area contributed by atoms with E-state index in [2.05, 4.69) is 6.92 Å². The molecule has 0 aliphatic heterocycles. The molecule has 0 N–H and O–H groups in total. The average Bonchev–Trinajstić information content (AvgIpc) is 2.73. The second kappa shape index (κ2) is 10.5. The van der Waals surface area contributed by atoms with Crippen LogP contribution in [0.4, 0.5) is 13.2 Å². The normalized spacial score (nSPS) is 27.6. The number of esters is 1. The van der Waals surface area contributed by atoms with Gasteiger partial charge in [0.2, 0.25) is 0 Å². The van der Waals surface area contributed by atoms with E-state index in [1.807, 2.05) is 0 Å². The summed E-state index contributed by atoms with van der Waals surface area (Å²) in [5.41, 5.74) is 0. The number of ether oxygens (including phenoxy) is 1. The van der Waals surface area contributed by atoms with E-state index in [1.54, 1.807) is 0 Å². The Morgan fingerprint density at radius 2 is 1.45 bits per heavy atom. The van der Waals surface area contributed by atoms with E-state index in [0.717, 1.165) is 37.5 Å². The number of hydrogen-bond donors (Lipinski definition) is 0. The molecule has 2 aliphatic carbocycles. The zero-order chi connectivity index (χ0) is 20.8. The van der Waals surface area contributed by atoms with Gasteiger partial charge in [0.1, 0.15) is 0 Å². The summed E-state index contributed by atoms with van der Waals surface area (Å²) < 4.78 is 45.1. The minimum Gasteiger partial charge on any atom is -0.423 e. The van der Waals surface area contributed by atoms with Crippen LogP contribution >= 0.6 is 0 Å². The second-order valence-corrected chi connectivity index (χ2v) is 9.01. The molecule has 0 bridgehead atoms. The van der Waals surface area contributed by atoms with E-state index < -0.39 is 29.2 Å². The van der Waals surface area contributed by atoms with E-state index in [0.29, 0.717) is 18.1 Å².